The molecule has 0 radical (unpaired) electrons. The van der Waals surface area contributed by atoms with Crippen molar-refractivity contribution in [3.63, 3.8) is 0 Å². The number of benzene rings is 8. The third-order valence-corrected chi connectivity index (χ3v) is 12.8. The average Bonchev–Trinajstić information content (AvgIpc) is 3.83. The first kappa shape index (κ1) is 34.0. The number of thiophene rings is 2. The third-order valence-electron chi connectivity index (χ3n) is 10.6. The van der Waals surface area contributed by atoms with Gasteiger partial charge >= 0.3 is 0 Å². The third kappa shape index (κ3) is 6.15. The summed E-state index contributed by atoms with van der Waals surface area (Å²) in [6, 6.07) is 65.5. The van der Waals surface area contributed by atoms with Crippen LogP contribution in [-0.4, -0.2) is 0 Å². The highest BCUT2D eigenvalue weighted by atomic mass is 32.1. The van der Waals surface area contributed by atoms with Crippen molar-refractivity contribution in [2.45, 2.75) is 0 Å². The fraction of sp³-hybridized carbons (Fsp3) is 0. The fourth-order valence-corrected chi connectivity index (χ4v) is 10.0. The second-order valence-electron chi connectivity index (χ2n) is 13.9. The zero-order chi connectivity index (χ0) is 38.5. The van der Waals surface area contributed by atoms with Gasteiger partial charge in [0.25, 0.3) is 0 Å². The van der Waals surface area contributed by atoms with Gasteiger partial charge in [0, 0.05) is 57.4 Å². The van der Waals surface area contributed by atoms with E-state index in [2.05, 4.69) is 144 Å². The van der Waals surface area contributed by atoms with Crippen LogP contribution in [0.25, 0.3) is 73.7 Å². The molecule has 10 rings (SSSR count). The summed E-state index contributed by atoms with van der Waals surface area (Å²) in [7, 11) is 0. The van der Waals surface area contributed by atoms with Crippen LogP contribution in [-0.2, 0) is 0 Å². The molecule has 0 N–H and O–H groups in total. The van der Waals surface area contributed by atoms with Crippen LogP contribution >= 0.6 is 22.7 Å². The van der Waals surface area contributed by atoms with Crippen LogP contribution < -0.4 is 4.90 Å². The van der Waals surface area contributed by atoms with Crippen molar-refractivity contribution < 1.29 is 0 Å². The van der Waals surface area contributed by atoms with Crippen molar-refractivity contribution in [2.24, 2.45) is 0 Å². The van der Waals surface area contributed by atoms with E-state index in [-0.39, 0.29) is 0 Å². The molecule has 2 heterocycles. The Balaban J connectivity index is 1.00. The molecule has 10 aromatic rings. The Hall–Kier alpha value is -7.53. The summed E-state index contributed by atoms with van der Waals surface area (Å²) in [6.07, 6.45) is 0. The SMILES string of the molecule is N#Cc1ccc(-c2ccc(N(c3ccc(-c4ccc5c(c4)sc4cc(C#N)ccc45)cc3)c3ccc(-c4ccc5c(c4)sc4cc(C#N)ccc45)cc3)cc2)cc1. The summed E-state index contributed by atoms with van der Waals surface area (Å²) in [5.41, 5.74) is 11.8. The lowest BCUT2D eigenvalue weighted by atomic mass is 10.0. The van der Waals surface area contributed by atoms with Crippen molar-refractivity contribution in [3.05, 3.63) is 187 Å². The molecular formula is C51H28N4S2. The van der Waals surface area contributed by atoms with Gasteiger partial charge in [-0.25, -0.2) is 0 Å². The molecule has 0 spiro atoms. The zero-order valence-electron chi connectivity index (χ0n) is 30.3. The van der Waals surface area contributed by atoms with E-state index in [1.807, 2.05) is 48.5 Å². The van der Waals surface area contributed by atoms with Crippen LogP contribution in [0.3, 0.4) is 0 Å². The zero-order valence-corrected chi connectivity index (χ0v) is 31.9. The van der Waals surface area contributed by atoms with E-state index in [0.29, 0.717) is 16.7 Å². The van der Waals surface area contributed by atoms with Crippen LogP contribution in [0.5, 0.6) is 0 Å². The first-order chi connectivity index (χ1) is 28.0. The summed E-state index contributed by atoms with van der Waals surface area (Å²) >= 11 is 3.44. The number of nitriles is 3. The minimum atomic E-state index is 0.643. The van der Waals surface area contributed by atoms with Crippen molar-refractivity contribution >= 4 is 80.1 Å². The highest BCUT2D eigenvalue weighted by molar-refractivity contribution is 7.26. The summed E-state index contributed by atoms with van der Waals surface area (Å²) in [5.74, 6) is 0. The molecule has 0 fully saturated rings. The first-order valence-corrected chi connectivity index (χ1v) is 20.0. The molecule has 0 amide bonds. The Bertz CT molecular complexity index is 3120. The van der Waals surface area contributed by atoms with Crippen LogP contribution in [0.15, 0.2) is 170 Å². The summed E-state index contributed by atoms with van der Waals surface area (Å²) < 4.78 is 4.65. The second kappa shape index (κ2) is 14.0. The van der Waals surface area contributed by atoms with Gasteiger partial charge < -0.3 is 4.90 Å². The predicted molar refractivity (Wildman–Crippen MR) is 237 cm³/mol. The number of rotatable bonds is 6. The summed E-state index contributed by atoms with van der Waals surface area (Å²) in [6.45, 7) is 0. The largest absolute Gasteiger partial charge is 0.311 e. The monoisotopic (exact) mass is 760 g/mol. The lowest BCUT2D eigenvalue weighted by molar-refractivity contribution is 1.28. The number of fused-ring (bicyclic) bond motifs is 6. The molecule has 8 aromatic carbocycles. The summed E-state index contributed by atoms with van der Waals surface area (Å²) in [5, 5.41) is 32.9. The van der Waals surface area contributed by atoms with Gasteiger partial charge in [-0.2, -0.15) is 15.8 Å². The Morgan fingerprint density at radius 1 is 0.298 bits per heavy atom. The molecule has 0 bridgehead atoms. The highest BCUT2D eigenvalue weighted by Gasteiger charge is 2.15. The molecule has 264 valence electrons. The van der Waals surface area contributed by atoms with Crippen LogP contribution in [0.1, 0.15) is 16.7 Å². The van der Waals surface area contributed by atoms with Gasteiger partial charge in [-0.1, -0.05) is 84.9 Å². The Kier molecular flexibility index (Phi) is 8.32. The number of hydrogen-bond donors (Lipinski definition) is 0. The lowest BCUT2D eigenvalue weighted by Gasteiger charge is -2.26. The minimum Gasteiger partial charge on any atom is -0.311 e. The van der Waals surface area contributed by atoms with Gasteiger partial charge in [-0.05, 0) is 118 Å². The quantitative estimate of drug-likeness (QED) is 0.169. The van der Waals surface area contributed by atoms with Gasteiger partial charge in [0.2, 0.25) is 0 Å². The van der Waals surface area contributed by atoms with Gasteiger partial charge in [-0.15, -0.1) is 22.7 Å². The van der Waals surface area contributed by atoms with Gasteiger partial charge in [0.05, 0.1) is 34.9 Å². The fourth-order valence-electron chi connectivity index (χ4n) is 7.65. The van der Waals surface area contributed by atoms with Crippen molar-refractivity contribution in [1.29, 1.82) is 15.8 Å². The second-order valence-corrected chi connectivity index (χ2v) is 16.1. The molecule has 2 aromatic heterocycles. The van der Waals surface area contributed by atoms with Crippen molar-refractivity contribution in [2.75, 3.05) is 4.90 Å². The Morgan fingerprint density at radius 2 is 0.579 bits per heavy atom. The van der Waals surface area contributed by atoms with E-state index in [0.717, 1.165) is 59.8 Å². The molecule has 57 heavy (non-hydrogen) atoms. The Morgan fingerprint density at radius 3 is 0.947 bits per heavy atom. The van der Waals surface area contributed by atoms with Crippen LogP contribution in [0, 0.1) is 34.0 Å². The number of anilines is 3. The Labute approximate surface area is 337 Å². The van der Waals surface area contributed by atoms with Crippen molar-refractivity contribution in [3.8, 4) is 51.6 Å². The van der Waals surface area contributed by atoms with E-state index < -0.39 is 0 Å². The molecule has 0 aliphatic heterocycles. The lowest BCUT2D eigenvalue weighted by Crippen LogP contribution is -2.09. The first-order valence-electron chi connectivity index (χ1n) is 18.4. The topological polar surface area (TPSA) is 74.6 Å². The van der Waals surface area contributed by atoms with Gasteiger partial charge in [-0.3, -0.25) is 0 Å². The van der Waals surface area contributed by atoms with E-state index in [9.17, 15) is 15.8 Å². The maximum absolute atomic E-state index is 9.41. The highest BCUT2D eigenvalue weighted by Crippen LogP contribution is 2.41. The molecule has 0 unspecified atom stereocenters. The smallest absolute Gasteiger partial charge is 0.0992 e. The normalized spacial score (nSPS) is 11.1. The van der Waals surface area contributed by atoms with Crippen LogP contribution in [0.2, 0.25) is 0 Å². The van der Waals surface area contributed by atoms with Gasteiger partial charge in [0.1, 0.15) is 0 Å². The van der Waals surface area contributed by atoms with E-state index >= 15 is 0 Å². The van der Waals surface area contributed by atoms with E-state index in [1.165, 1.54) is 30.9 Å². The molecule has 0 aliphatic rings. The molecule has 0 aliphatic carbocycles. The predicted octanol–water partition coefficient (Wildman–Crippen LogP) is 14.5. The number of nitrogens with zero attached hydrogens (tertiary/aromatic N) is 4. The van der Waals surface area contributed by atoms with Gasteiger partial charge in [0.15, 0.2) is 0 Å². The molecular weight excluding hydrogens is 733 g/mol. The maximum Gasteiger partial charge on any atom is 0.0992 e. The van der Waals surface area contributed by atoms with Crippen LogP contribution in [0.4, 0.5) is 17.1 Å². The minimum absolute atomic E-state index is 0.643. The molecule has 0 atom stereocenters. The maximum atomic E-state index is 9.41. The molecule has 4 nitrogen and oxygen atoms in total. The molecule has 0 saturated carbocycles. The molecule has 0 saturated heterocycles. The standard InChI is InChI=1S/C51H28N4S2/c52-29-32-1-5-35(6-2-32)36-7-15-41(16-8-36)55(42-17-9-37(10-18-42)39-13-23-46-44-21-3-33(30-53)25-48(44)56-50(46)27-39)43-19-11-38(12-20-43)40-14-24-47-45-22-4-34(31-54)26-49(45)57-51(47)28-40/h1-28H. The van der Waals surface area contributed by atoms with E-state index in [4.69, 9.17) is 0 Å². The summed E-state index contributed by atoms with van der Waals surface area (Å²) in [4.78, 5) is 2.28. The molecule has 6 heteroatoms. The van der Waals surface area contributed by atoms with E-state index in [1.54, 1.807) is 22.7 Å². The van der Waals surface area contributed by atoms with Crippen molar-refractivity contribution in [1.82, 2.24) is 0 Å². The number of hydrogen-bond acceptors (Lipinski definition) is 6. The average molecular weight is 761 g/mol.